The van der Waals surface area contributed by atoms with Crippen molar-refractivity contribution in [3.8, 4) is 17.2 Å². The molecule has 3 N–H and O–H groups in total. The van der Waals surface area contributed by atoms with Crippen molar-refractivity contribution >= 4 is 41.0 Å². The molecule has 0 bridgehead atoms. The van der Waals surface area contributed by atoms with Crippen molar-refractivity contribution in [2.24, 2.45) is 0 Å². The predicted octanol–water partition coefficient (Wildman–Crippen LogP) is 3.10. The predicted molar refractivity (Wildman–Crippen MR) is 111 cm³/mol. The van der Waals surface area contributed by atoms with Crippen LogP contribution in [0.25, 0.3) is 0 Å². The first-order valence-electron chi connectivity index (χ1n) is 9.16. The molecule has 0 aromatic heterocycles. The van der Waals surface area contributed by atoms with E-state index >= 15 is 0 Å². The molecule has 3 aromatic carbocycles. The van der Waals surface area contributed by atoms with Crippen molar-refractivity contribution in [1.82, 2.24) is 0 Å². The van der Waals surface area contributed by atoms with E-state index in [2.05, 4.69) is 14.7 Å². The van der Waals surface area contributed by atoms with Crippen molar-refractivity contribution in [1.29, 1.82) is 0 Å². The zero-order valence-corrected chi connectivity index (χ0v) is 20.4. The summed E-state index contributed by atoms with van der Waals surface area (Å²) in [5.41, 5.74) is -0.721. The zero-order valence-electron chi connectivity index (χ0n) is 16.9. The van der Waals surface area contributed by atoms with Gasteiger partial charge in [-0.2, -0.15) is 0 Å². The summed E-state index contributed by atoms with van der Waals surface area (Å²) < 4.78 is 15.6. The van der Waals surface area contributed by atoms with E-state index in [1.165, 1.54) is 72.8 Å². The number of hydrogen-bond donors (Lipinski definition) is 3. The monoisotopic (exact) mass is 668 g/mol. The van der Waals surface area contributed by atoms with Crippen LogP contribution in [-0.2, 0) is 8.44 Å². The second-order valence-corrected chi connectivity index (χ2v) is 9.99. The molecular formula is C21H15BiO12. The van der Waals surface area contributed by atoms with E-state index in [1.807, 2.05) is 0 Å². The average molecular weight is 668 g/mol. The van der Waals surface area contributed by atoms with Crippen molar-refractivity contribution < 1.29 is 53.3 Å². The summed E-state index contributed by atoms with van der Waals surface area (Å²) in [6, 6.07) is 16.3. The fourth-order valence-corrected chi connectivity index (χ4v) is 5.71. The number of para-hydroxylation sites is 3. The Morgan fingerprint density at radius 2 is 0.765 bits per heavy atom. The quantitative estimate of drug-likeness (QED) is 0.174. The van der Waals surface area contributed by atoms with Crippen LogP contribution in [0.2, 0.25) is 0 Å². The van der Waals surface area contributed by atoms with Crippen LogP contribution in [0.4, 0.5) is 0 Å². The molecule has 0 saturated carbocycles. The molecule has 0 saturated heterocycles. The maximum absolute atomic E-state index is 12.6. The molecule has 3 aromatic rings. The minimum atomic E-state index is -4.77. The van der Waals surface area contributed by atoms with Crippen LogP contribution in [0.3, 0.4) is 0 Å². The van der Waals surface area contributed by atoms with Crippen molar-refractivity contribution in [3.63, 3.8) is 0 Å². The Hall–Kier alpha value is -3.77. The first-order valence-corrected chi connectivity index (χ1v) is 13.4. The third-order valence-corrected chi connectivity index (χ3v) is 7.76. The summed E-state index contributed by atoms with van der Waals surface area (Å²) in [5, 5.41) is 26.9. The minimum absolute atomic E-state index is 0.240. The third-order valence-electron chi connectivity index (χ3n) is 4.09. The Bertz CT molecular complexity index is 1040. The Balaban J connectivity index is 1.88. The standard InChI is InChI=1S/3C7H6O4.Bi/c3*8-7(9)5-3-1-2-4-6(5)11-10;/h3*1-4,10H,(H,8,9);/q;;;+3/p-3. The van der Waals surface area contributed by atoms with Gasteiger partial charge in [0.1, 0.15) is 0 Å². The molecule has 13 heteroatoms. The average Bonchev–Trinajstić information content (AvgIpc) is 2.88. The van der Waals surface area contributed by atoms with Crippen LogP contribution >= 0.6 is 0 Å². The summed E-state index contributed by atoms with van der Waals surface area (Å²) >= 11 is -4.77. The molecule has 0 aliphatic rings. The fraction of sp³-hybridized carbons (Fsp3) is 0. The molecule has 0 amide bonds. The molecule has 0 radical (unpaired) electrons. The molecule has 0 atom stereocenters. The van der Waals surface area contributed by atoms with Gasteiger partial charge in [0.05, 0.1) is 0 Å². The Kier molecular flexibility index (Phi) is 8.71. The molecule has 3 rings (SSSR count). The van der Waals surface area contributed by atoms with E-state index in [4.69, 9.17) is 24.2 Å². The van der Waals surface area contributed by atoms with Crippen LogP contribution in [0, 0.1) is 0 Å². The third kappa shape index (κ3) is 5.97. The summed E-state index contributed by atoms with van der Waals surface area (Å²) in [5.74, 6) is -4.10. The summed E-state index contributed by atoms with van der Waals surface area (Å²) in [6.45, 7) is 0. The van der Waals surface area contributed by atoms with Crippen molar-refractivity contribution in [2.45, 2.75) is 0 Å². The summed E-state index contributed by atoms with van der Waals surface area (Å²) in [6.07, 6.45) is 0. The van der Waals surface area contributed by atoms with E-state index < -0.39 is 41.0 Å². The second-order valence-electron chi connectivity index (χ2n) is 6.12. The van der Waals surface area contributed by atoms with Gasteiger partial charge in [-0.25, -0.2) is 0 Å². The number of carbonyl (C=O) groups is 3. The number of hydrogen-bond acceptors (Lipinski definition) is 12. The molecule has 0 fully saturated rings. The van der Waals surface area contributed by atoms with E-state index in [-0.39, 0.29) is 33.9 Å². The van der Waals surface area contributed by atoms with Gasteiger partial charge in [0.25, 0.3) is 0 Å². The first-order chi connectivity index (χ1) is 16.5. The van der Waals surface area contributed by atoms with E-state index in [0.29, 0.717) is 0 Å². The van der Waals surface area contributed by atoms with Crippen molar-refractivity contribution in [2.75, 3.05) is 0 Å². The Morgan fingerprint density at radius 3 is 1.03 bits per heavy atom. The van der Waals surface area contributed by atoms with Crippen LogP contribution in [0.5, 0.6) is 17.2 Å². The van der Waals surface area contributed by atoms with E-state index in [9.17, 15) is 14.4 Å². The molecule has 0 spiro atoms. The molecule has 0 aliphatic heterocycles. The molecule has 0 aliphatic carbocycles. The van der Waals surface area contributed by atoms with Crippen LogP contribution in [0.15, 0.2) is 72.8 Å². The van der Waals surface area contributed by atoms with Gasteiger partial charge in [-0.05, 0) is 0 Å². The van der Waals surface area contributed by atoms with Gasteiger partial charge in [0, 0.05) is 0 Å². The Labute approximate surface area is 200 Å². The van der Waals surface area contributed by atoms with Crippen LogP contribution in [0.1, 0.15) is 31.1 Å². The summed E-state index contributed by atoms with van der Waals surface area (Å²) in [7, 11) is 0. The SMILES string of the molecule is O=C([O][Bi]([O]C(=O)c1ccccc1OO)[O]C(=O)c1ccccc1OO)c1ccccc1OO. The molecule has 12 nitrogen and oxygen atoms in total. The first kappa shape index (κ1) is 24.9. The van der Waals surface area contributed by atoms with Gasteiger partial charge in [-0.1, -0.05) is 0 Å². The molecular weight excluding hydrogens is 653 g/mol. The van der Waals surface area contributed by atoms with Gasteiger partial charge >= 0.3 is 201 Å². The zero-order chi connectivity index (χ0) is 24.5. The maximum atomic E-state index is 12.6. The van der Waals surface area contributed by atoms with E-state index in [0.717, 1.165) is 0 Å². The van der Waals surface area contributed by atoms with Crippen molar-refractivity contribution in [3.05, 3.63) is 89.5 Å². The normalized spacial score (nSPS) is 10.2. The topological polar surface area (TPSA) is 167 Å². The number of benzene rings is 3. The van der Waals surface area contributed by atoms with Gasteiger partial charge in [-0.15, -0.1) is 0 Å². The van der Waals surface area contributed by atoms with Gasteiger partial charge in [0.2, 0.25) is 0 Å². The molecule has 176 valence electrons. The summed E-state index contributed by atoms with van der Waals surface area (Å²) in [4.78, 5) is 50.3. The molecule has 34 heavy (non-hydrogen) atoms. The molecule has 0 unspecified atom stereocenters. The Morgan fingerprint density at radius 1 is 0.500 bits per heavy atom. The van der Waals surface area contributed by atoms with Gasteiger partial charge in [0.15, 0.2) is 0 Å². The van der Waals surface area contributed by atoms with Crippen LogP contribution in [-0.4, -0.2) is 56.8 Å². The van der Waals surface area contributed by atoms with E-state index in [1.54, 1.807) is 0 Å². The molecule has 0 heterocycles. The number of carbonyl (C=O) groups excluding carboxylic acids is 3. The fourth-order valence-electron chi connectivity index (χ4n) is 2.55. The van der Waals surface area contributed by atoms with Gasteiger partial charge in [-0.3, -0.25) is 0 Å². The number of rotatable bonds is 9. The second kappa shape index (κ2) is 11.9. The van der Waals surface area contributed by atoms with Gasteiger partial charge < -0.3 is 0 Å². The van der Waals surface area contributed by atoms with Crippen LogP contribution < -0.4 is 14.7 Å².